The van der Waals surface area contributed by atoms with E-state index < -0.39 is 4.92 Å². The average molecular weight is 251 g/mol. The van der Waals surface area contributed by atoms with Crippen LogP contribution in [0.25, 0.3) is 0 Å². The lowest BCUT2D eigenvalue weighted by Gasteiger charge is -2.23. The highest BCUT2D eigenvalue weighted by Crippen LogP contribution is 2.26. The molecule has 1 aliphatic rings. The standard InChI is InChI=1S/C12H17N3O3/c1-9-7-13-11(6-10(9)15(16)17)14-8-12(2)4-3-5-18-12/h6-7H,3-5,8H2,1-2H3,(H,13,14). The average Bonchev–Trinajstić information content (AvgIpc) is 2.75. The third-order valence-corrected chi connectivity index (χ3v) is 3.22. The van der Waals surface area contributed by atoms with Crippen molar-refractivity contribution >= 4 is 11.5 Å². The van der Waals surface area contributed by atoms with Crippen molar-refractivity contribution in [2.75, 3.05) is 18.5 Å². The van der Waals surface area contributed by atoms with Gasteiger partial charge in [-0.25, -0.2) is 4.98 Å². The monoisotopic (exact) mass is 251 g/mol. The van der Waals surface area contributed by atoms with Gasteiger partial charge in [0.15, 0.2) is 0 Å². The summed E-state index contributed by atoms with van der Waals surface area (Å²) < 4.78 is 5.64. The number of aryl methyl sites for hydroxylation is 1. The molecule has 0 amide bonds. The van der Waals surface area contributed by atoms with E-state index in [-0.39, 0.29) is 11.3 Å². The van der Waals surface area contributed by atoms with E-state index in [1.807, 2.05) is 6.92 Å². The molecular formula is C12H17N3O3. The van der Waals surface area contributed by atoms with Gasteiger partial charge < -0.3 is 10.1 Å². The minimum absolute atomic E-state index is 0.0880. The highest BCUT2D eigenvalue weighted by atomic mass is 16.6. The van der Waals surface area contributed by atoms with E-state index >= 15 is 0 Å². The maximum Gasteiger partial charge on any atom is 0.277 e. The molecule has 2 heterocycles. The second kappa shape index (κ2) is 4.89. The summed E-state index contributed by atoms with van der Waals surface area (Å²) in [7, 11) is 0. The zero-order valence-electron chi connectivity index (χ0n) is 10.6. The molecule has 1 N–H and O–H groups in total. The van der Waals surface area contributed by atoms with Crippen molar-refractivity contribution in [1.82, 2.24) is 4.98 Å². The molecule has 1 fully saturated rings. The molecule has 1 aromatic heterocycles. The van der Waals surface area contributed by atoms with Crippen LogP contribution in [0.1, 0.15) is 25.3 Å². The molecule has 98 valence electrons. The summed E-state index contributed by atoms with van der Waals surface area (Å²) in [6.45, 7) is 5.10. The number of anilines is 1. The fourth-order valence-corrected chi connectivity index (χ4v) is 2.06. The number of hydrogen-bond acceptors (Lipinski definition) is 5. The first-order valence-electron chi connectivity index (χ1n) is 5.99. The topological polar surface area (TPSA) is 77.3 Å². The Morgan fingerprint density at radius 3 is 3.06 bits per heavy atom. The predicted molar refractivity (Wildman–Crippen MR) is 67.7 cm³/mol. The first-order chi connectivity index (χ1) is 8.50. The van der Waals surface area contributed by atoms with Gasteiger partial charge in [0.25, 0.3) is 5.69 Å². The number of rotatable bonds is 4. The van der Waals surface area contributed by atoms with Gasteiger partial charge in [-0.3, -0.25) is 10.1 Å². The van der Waals surface area contributed by atoms with Gasteiger partial charge in [-0.15, -0.1) is 0 Å². The predicted octanol–water partition coefficient (Wildman–Crippen LogP) is 2.28. The smallest absolute Gasteiger partial charge is 0.277 e. The summed E-state index contributed by atoms with van der Waals surface area (Å²) >= 11 is 0. The normalized spacial score (nSPS) is 23.0. The van der Waals surface area contributed by atoms with Gasteiger partial charge in [0.2, 0.25) is 0 Å². The highest BCUT2D eigenvalue weighted by Gasteiger charge is 2.29. The Morgan fingerprint density at radius 1 is 1.67 bits per heavy atom. The summed E-state index contributed by atoms with van der Waals surface area (Å²) in [4.78, 5) is 14.6. The van der Waals surface area contributed by atoms with Crippen LogP contribution in [0.4, 0.5) is 11.5 Å². The van der Waals surface area contributed by atoms with Gasteiger partial charge in [-0.05, 0) is 26.7 Å². The molecule has 6 heteroatoms. The number of nitrogens with one attached hydrogen (secondary N) is 1. The number of pyridine rings is 1. The third-order valence-electron chi connectivity index (χ3n) is 3.22. The van der Waals surface area contributed by atoms with Crippen molar-refractivity contribution in [3.05, 3.63) is 27.9 Å². The van der Waals surface area contributed by atoms with Crippen LogP contribution in [-0.4, -0.2) is 28.7 Å². The molecule has 2 rings (SSSR count). The quantitative estimate of drug-likeness (QED) is 0.656. The molecular weight excluding hydrogens is 234 g/mol. The Hall–Kier alpha value is -1.69. The van der Waals surface area contributed by atoms with Crippen molar-refractivity contribution in [2.45, 2.75) is 32.3 Å². The van der Waals surface area contributed by atoms with Crippen LogP contribution in [0.3, 0.4) is 0 Å². The third kappa shape index (κ3) is 2.76. The van der Waals surface area contributed by atoms with E-state index in [1.165, 1.54) is 12.3 Å². The van der Waals surface area contributed by atoms with Gasteiger partial charge >= 0.3 is 0 Å². The van der Waals surface area contributed by atoms with Gasteiger partial charge in [0.1, 0.15) is 5.82 Å². The Bertz CT molecular complexity index is 456. The molecule has 0 saturated carbocycles. The molecule has 18 heavy (non-hydrogen) atoms. The first-order valence-corrected chi connectivity index (χ1v) is 5.99. The van der Waals surface area contributed by atoms with Crippen LogP contribution in [-0.2, 0) is 4.74 Å². The first kappa shape index (κ1) is 12.8. The lowest BCUT2D eigenvalue weighted by atomic mass is 10.0. The van der Waals surface area contributed by atoms with Crippen LogP contribution in [0.15, 0.2) is 12.3 Å². The maximum absolute atomic E-state index is 10.8. The number of nitrogens with zero attached hydrogens (tertiary/aromatic N) is 2. The van der Waals surface area contributed by atoms with Crippen molar-refractivity contribution in [3.63, 3.8) is 0 Å². The number of aromatic nitrogens is 1. The second-order valence-electron chi connectivity index (χ2n) is 4.87. The van der Waals surface area contributed by atoms with E-state index in [9.17, 15) is 10.1 Å². The molecule has 1 atom stereocenters. The van der Waals surface area contributed by atoms with E-state index in [0.717, 1.165) is 19.4 Å². The zero-order valence-corrected chi connectivity index (χ0v) is 10.6. The molecule has 0 aromatic carbocycles. The maximum atomic E-state index is 10.8. The van der Waals surface area contributed by atoms with Crippen molar-refractivity contribution in [3.8, 4) is 0 Å². The van der Waals surface area contributed by atoms with Crippen molar-refractivity contribution in [1.29, 1.82) is 0 Å². The largest absolute Gasteiger partial charge is 0.373 e. The van der Waals surface area contributed by atoms with E-state index in [1.54, 1.807) is 6.92 Å². The zero-order chi connectivity index (χ0) is 13.2. The summed E-state index contributed by atoms with van der Waals surface area (Å²) in [5.41, 5.74) is 0.459. The molecule has 1 saturated heterocycles. The summed E-state index contributed by atoms with van der Waals surface area (Å²) in [6, 6.07) is 1.47. The molecule has 1 aromatic rings. The molecule has 0 spiro atoms. The van der Waals surface area contributed by atoms with Crippen molar-refractivity contribution in [2.24, 2.45) is 0 Å². The summed E-state index contributed by atoms with van der Waals surface area (Å²) in [6.07, 6.45) is 3.56. The summed E-state index contributed by atoms with van der Waals surface area (Å²) in [5.74, 6) is 0.518. The van der Waals surface area contributed by atoms with Crippen LogP contribution in [0.2, 0.25) is 0 Å². The van der Waals surface area contributed by atoms with E-state index in [4.69, 9.17) is 4.74 Å². The number of ether oxygens (including phenoxy) is 1. The second-order valence-corrected chi connectivity index (χ2v) is 4.87. The van der Waals surface area contributed by atoms with E-state index in [0.29, 0.717) is 17.9 Å². The van der Waals surface area contributed by atoms with Gasteiger partial charge in [-0.2, -0.15) is 0 Å². The van der Waals surface area contributed by atoms with Gasteiger partial charge in [-0.1, -0.05) is 0 Å². The van der Waals surface area contributed by atoms with Crippen LogP contribution in [0.5, 0.6) is 0 Å². The highest BCUT2D eigenvalue weighted by molar-refractivity contribution is 5.49. The molecule has 1 unspecified atom stereocenters. The number of nitro groups is 1. The lowest BCUT2D eigenvalue weighted by molar-refractivity contribution is -0.385. The Labute approximate surface area is 106 Å². The molecule has 6 nitrogen and oxygen atoms in total. The molecule has 0 radical (unpaired) electrons. The van der Waals surface area contributed by atoms with Crippen LogP contribution < -0.4 is 5.32 Å². The molecule has 0 aliphatic carbocycles. The fourth-order valence-electron chi connectivity index (χ4n) is 2.06. The minimum atomic E-state index is -0.393. The summed E-state index contributed by atoms with van der Waals surface area (Å²) in [5, 5.41) is 13.9. The Morgan fingerprint density at radius 2 is 2.44 bits per heavy atom. The SMILES string of the molecule is Cc1cnc(NCC2(C)CCCO2)cc1[N+](=O)[O-]. The van der Waals surface area contributed by atoms with E-state index in [2.05, 4.69) is 10.3 Å². The molecule has 0 bridgehead atoms. The van der Waals surface area contributed by atoms with Gasteiger partial charge in [0, 0.05) is 24.9 Å². The van der Waals surface area contributed by atoms with Crippen LogP contribution >= 0.6 is 0 Å². The van der Waals surface area contributed by atoms with Crippen LogP contribution in [0, 0.1) is 17.0 Å². The fraction of sp³-hybridized carbons (Fsp3) is 0.583. The van der Waals surface area contributed by atoms with Gasteiger partial charge in [0.05, 0.1) is 16.6 Å². The minimum Gasteiger partial charge on any atom is -0.373 e. The Kier molecular flexibility index (Phi) is 3.47. The van der Waals surface area contributed by atoms with Crippen molar-refractivity contribution < 1.29 is 9.66 Å². The Balaban J connectivity index is 2.05. The number of hydrogen-bond donors (Lipinski definition) is 1. The molecule has 1 aliphatic heterocycles. The lowest BCUT2D eigenvalue weighted by Crippen LogP contribution is -2.32.